The minimum atomic E-state index is -0.630. The Balaban J connectivity index is 1.62. The molecule has 7 nitrogen and oxygen atoms in total. The lowest BCUT2D eigenvalue weighted by atomic mass is 10.1. The smallest absolute Gasteiger partial charge is 0.242 e. The maximum absolute atomic E-state index is 13.2. The number of hydrogen-bond acceptors (Lipinski definition) is 6. The number of thioether (sulfide) groups is 1. The van der Waals surface area contributed by atoms with Gasteiger partial charge in [0.25, 0.3) is 0 Å². The van der Waals surface area contributed by atoms with Gasteiger partial charge in [-0.05, 0) is 64.5 Å². The number of benzene rings is 3. The number of carbonyl (C=O) groups is 1. The third-order valence-electron chi connectivity index (χ3n) is 4.43. The number of hydrogen-bond donors (Lipinski definition) is 1. The summed E-state index contributed by atoms with van der Waals surface area (Å²) in [4.78, 5) is 13.1. The Morgan fingerprint density at radius 1 is 1.03 bits per heavy atom. The summed E-state index contributed by atoms with van der Waals surface area (Å²) in [6, 6.07) is 22.2. The molecule has 3 aromatic carbocycles. The van der Waals surface area contributed by atoms with Crippen LogP contribution in [0.25, 0.3) is 5.69 Å². The van der Waals surface area contributed by atoms with Gasteiger partial charge in [0.2, 0.25) is 11.1 Å². The number of ether oxygens (including phenoxy) is 1. The van der Waals surface area contributed by atoms with Gasteiger partial charge >= 0.3 is 0 Å². The maximum Gasteiger partial charge on any atom is 0.242 e. The van der Waals surface area contributed by atoms with Crippen LogP contribution in [0.1, 0.15) is 10.8 Å². The van der Waals surface area contributed by atoms with Crippen molar-refractivity contribution < 1.29 is 13.9 Å². The topological polar surface area (TPSA) is 81.9 Å². The molecular weight excluding hydrogens is 417 g/mol. The second kappa shape index (κ2) is 9.40. The normalized spacial score (nSPS) is 11.7. The lowest BCUT2D eigenvalue weighted by Crippen LogP contribution is -2.19. The second-order valence-electron chi connectivity index (χ2n) is 6.48. The van der Waals surface area contributed by atoms with E-state index < -0.39 is 5.25 Å². The van der Waals surface area contributed by atoms with Crippen LogP contribution in [0.2, 0.25) is 0 Å². The van der Waals surface area contributed by atoms with Crippen LogP contribution < -0.4 is 10.1 Å². The molecule has 0 aliphatic heterocycles. The Labute approximate surface area is 182 Å². The summed E-state index contributed by atoms with van der Waals surface area (Å²) in [7, 11) is 1.59. The zero-order chi connectivity index (χ0) is 21.6. The summed E-state index contributed by atoms with van der Waals surface area (Å²) < 4.78 is 20.0. The van der Waals surface area contributed by atoms with Crippen molar-refractivity contribution >= 4 is 23.4 Å². The van der Waals surface area contributed by atoms with Gasteiger partial charge in [0.1, 0.15) is 16.8 Å². The fraction of sp³-hybridized carbons (Fsp3) is 0.0909. The van der Waals surface area contributed by atoms with Crippen molar-refractivity contribution in [2.45, 2.75) is 10.4 Å². The highest BCUT2D eigenvalue weighted by atomic mass is 32.2. The van der Waals surface area contributed by atoms with Crippen LogP contribution >= 0.6 is 11.8 Å². The molecule has 4 rings (SSSR count). The van der Waals surface area contributed by atoms with Gasteiger partial charge in [0.15, 0.2) is 0 Å². The summed E-state index contributed by atoms with van der Waals surface area (Å²) in [6.45, 7) is 0. The van der Waals surface area contributed by atoms with Crippen molar-refractivity contribution in [3.8, 4) is 11.4 Å². The van der Waals surface area contributed by atoms with E-state index in [1.54, 1.807) is 23.9 Å². The first-order valence-corrected chi connectivity index (χ1v) is 10.2. The highest BCUT2D eigenvalue weighted by Crippen LogP contribution is 2.35. The molecule has 0 spiro atoms. The van der Waals surface area contributed by atoms with E-state index in [-0.39, 0.29) is 11.7 Å². The van der Waals surface area contributed by atoms with Gasteiger partial charge in [-0.15, -0.1) is 5.10 Å². The zero-order valence-corrected chi connectivity index (χ0v) is 17.3. The first kappa shape index (κ1) is 20.5. The molecule has 0 aliphatic carbocycles. The first-order chi connectivity index (χ1) is 15.1. The van der Waals surface area contributed by atoms with Crippen LogP contribution in [0.5, 0.6) is 5.75 Å². The van der Waals surface area contributed by atoms with E-state index in [0.29, 0.717) is 16.6 Å². The van der Waals surface area contributed by atoms with Crippen molar-refractivity contribution in [3.63, 3.8) is 0 Å². The van der Waals surface area contributed by atoms with E-state index in [1.807, 2.05) is 42.5 Å². The number of aromatic nitrogens is 4. The minimum absolute atomic E-state index is 0.271. The minimum Gasteiger partial charge on any atom is -0.497 e. The molecule has 0 aliphatic rings. The fourth-order valence-corrected chi connectivity index (χ4v) is 3.88. The van der Waals surface area contributed by atoms with Gasteiger partial charge in [0, 0.05) is 5.69 Å². The van der Waals surface area contributed by atoms with Gasteiger partial charge in [-0.2, -0.15) is 4.68 Å². The van der Waals surface area contributed by atoms with Gasteiger partial charge in [-0.1, -0.05) is 42.1 Å². The monoisotopic (exact) mass is 435 g/mol. The molecular formula is C22H18FN5O2S. The Morgan fingerprint density at radius 3 is 2.42 bits per heavy atom. The predicted molar refractivity (Wildman–Crippen MR) is 116 cm³/mol. The number of carbonyl (C=O) groups excluding carboxylic acids is 1. The quantitative estimate of drug-likeness (QED) is 0.436. The molecule has 9 heteroatoms. The molecule has 1 atom stereocenters. The van der Waals surface area contributed by atoms with Crippen molar-refractivity contribution in [1.29, 1.82) is 0 Å². The number of nitrogens with zero attached hydrogens (tertiary/aromatic N) is 4. The van der Waals surface area contributed by atoms with Crippen LogP contribution in [0.15, 0.2) is 84.0 Å². The van der Waals surface area contributed by atoms with Crippen molar-refractivity contribution in [2.75, 3.05) is 12.4 Å². The fourth-order valence-electron chi connectivity index (χ4n) is 2.89. The number of amides is 1. The molecule has 0 fully saturated rings. The number of nitrogens with one attached hydrogen (secondary N) is 1. The summed E-state index contributed by atoms with van der Waals surface area (Å²) >= 11 is 1.22. The van der Waals surface area contributed by atoms with E-state index >= 15 is 0 Å². The predicted octanol–water partition coefficient (Wildman–Crippen LogP) is 4.28. The molecule has 1 N–H and O–H groups in total. The van der Waals surface area contributed by atoms with Crippen molar-refractivity contribution in [1.82, 2.24) is 20.2 Å². The standard InChI is InChI=1S/C22H18FN5O2S/c1-30-19-13-11-18(12-14-19)28-22(25-26-27-28)31-20(15-5-3-2-4-6-15)21(29)24-17-9-7-16(23)8-10-17/h2-14,20H,1H3,(H,24,29)/t20-/m0/s1. The van der Waals surface area contributed by atoms with Crippen LogP contribution in [-0.2, 0) is 4.79 Å². The third-order valence-corrected chi connectivity index (χ3v) is 5.62. The number of rotatable bonds is 7. The van der Waals surface area contributed by atoms with Crippen LogP contribution in [0, 0.1) is 5.82 Å². The third kappa shape index (κ3) is 4.89. The molecule has 0 saturated heterocycles. The largest absolute Gasteiger partial charge is 0.497 e. The van der Waals surface area contributed by atoms with E-state index in [1.165, 1.54) is 36.0 Å². The molecule has 31 heavy (non-hydrogen) atoms. The highest BCUT2D eigenvalue weighted by Gasteiger charge is 2.25. The number of halogens is 1. The maximum atomic E-state index is 13.2. The summed E-state index contributed by atoms with van der Waals surface area (Å²) in [5.41, 5.74) is 2.03. The van der Waals surface area contributed by atoms with E-state index in [2.05, 4.69) is 20.8 Å². The second-order valence-corrected chi connectivity index (χ2v) is 7.55. The van der Waals surface area contributed by atoms with Crippen molar-refractivity contribution in [2.24, 2.45) is 0 Å². The first-order valence-electron chi connectivity index (χ1n) is 9.35. The number of anilines is 1. The number of methoxy groups -OCH3 is 1. The Bertz CT molecular complexity index is 1150. The van der Waals surface area contributed by atoms with Gasteiger partial charge in [-0.25, -0.2) is 4.39 Å². The average molecular weight is 435 g/mol. The highest BCUT2D eigenvalue weighted by molar-refractivity contribution is 8.00. The summed E-state index contributed by atoms with van der Waals surface area (Å²) in [5.74, 6) is 0.0737. The lowest BCUT2D eigenvalue weighted by Gasteiger charge is -2.16. The Hall–Kier alpha value is -3.72. The van der Waals surface area contributed by atoms with Crippen molar-refractivity contribution in [3.05, 3.63) is 90.2 Å². The van der Waals surface area contributed by atoms with Gasteiger partial charge < -0.3 is 10.1 Å². The van der Waals surface area contributed by atoms with Crippen LogP contribution in [0.4, 0.5) is 10.1 Å². The van der Waals surface area contributed by atoms with E-state index in [9.17, 15) is 9.18 Å². The van der Waals surface area contributed by atoms with Gasteiger partial charge in [0.05, 0.1) is 12.8 Å². The van der Waals surface area contributed by atoms with Crippen LogP contribution in [-0.4, -0.2) is 33.2 Å². The molecule has 0 bridgehead atoms. The lowest BCUT2D eigenvalue weighted by molar-refractivity contribution is -0.115. The molecule has 1 amide bonds. The zero-order valence-electron chi connectivity index (χ0n) is 16.5. The molecule has 0 radical (unpaired) electrons. The Morgan fingerprint density at radius 2 is 1.74 bits per heavy atom. The van der Waals surface area contributed by atoms with Crippen LogP contribution in [0.3, 0.4) is 0 Å². The SMILES string of the molecule is COc1ccc(-n2nnnc2S[C@H](C(=O)Nc2ccc(F)cc2)c2ccccc2)cc1. The summed E-state index contributed by atoms with van der Waals surface area (Å²) in [6.07, 6.45) is 0. The molecule has 0 saturated carbocycles. The molecule has 156 valence electrons. The van der Waals surface area contributed by atoms with E-state index in [0.717, 1.165) is 11.3 Å². The summed E-state index contributed by atoms with van der Waals surface area (Å²) in [5, 5.41) is 14.6. The number of tetrazole rings is 1. The Kier molecular flexibility index (Phi) is 6.23. The molecule has 1 heterocycles. The van der Waals surface area contributed by atoms with Gasteiger partial charge in [-0.3, -0.25) is 4.79 Å². The van der Waals surface area contributed by atoms with E-state index in [4.69, 9.17) is 4.74 Å². The molecule has 0 unspecified atom stereocenters. The average Bonchev–Trinajstić information content (AvgIpc) is 3.28. The molecule has 1 aromatic heterocycles. The molecule has 4 aromatic rings.